The Balaban J connectivity index is 1.17. The van der Waals surface area contributed by atoms with E-state index in [0.717, 1.165) is 71.6 Å². The Labute approximate surface area is 608 Å². The second kappa shape index (κ2) is 43.8. The molecule has 2 fully saturated rings. The SMILES string of the molecule is CCCC(=O)OCN(C(=O)[C@@H](NC(=O)[C@H]1CCCCN1C)C(C)CC)[C@H](C[C@H](OC(C)=O)c1nc(C(=O)N[C@@H](Cc2ccc(O)cc2)C[C@H](C)C(=O)NNC(=O)OCCSSC[C@H](NC(=O)[C@H](Cc2ccccc2)NC(=O)[C@H](CC(=O)O)NC(=O)CC[C@@H](C)NC2CCC2)C(=O)O)cs1)C(C)C. The molecule has 1 aliphatic heterocycles. The first-order chi connectivity index (χ1) is 48.5. The number of ether oxygens (including phenoxy) is 3. The minimum Gasteiger partial charge on any atom is -0.508 e. The molecule has 1 saturated heterocycles. The number of carbonyl (C=O) groups is 12. The van der Waals surface area contributed by atoms with Gasteiger partial charge in [0, 0.05) is 79.6 Å². The second-order valence-electron chi connectivity index (χ2n) is 26.4. The summed E-state index contributed by atoms with van der Waals surface area (Å²) >= 11 is 1.03. The lowest BCUT2D eigenvalue weighted by Crippen LogP contribution is -2.59. The van der Waals surface area contributed by atoms with E-state index in [1.165, 1.54) is 29.3 Å². The summed E-state index contributed by atoms with van der Waals surface area (Å²) in [6.07, 6.45) is 4.35. The van der Waals surface area contributed by atoms with Gasteiger partial charge in [-0.05, 0) is 107 Å². The standard InChI is InChI=1S/C70H103N11O18S3/c1-10-18-60(87)98-40-81(68(93)61(42(5)11-2)77-66(92)55-23-15-16-30-80(55)9)56(41(3)4)37-57(99-45(8)82)67-76-53(38-100-67)65(91)72-49(34-47-25-27-50(83)28-26-47)33-43(6)62(88)78-79-70(96)97-31-32-101-102-39-54(69(94)95)75-63(89)51(35-46-19-13-12-14-20-46)74-64(90)52(36-59(85)86)73-58(84)29-24-44(7)71-48-21-17-22-48/h12-14,19-20,25-28,38,41-44,48-49,51-52,54-57,61,71,83H,10-11,15-18,21-24,29-37,39-40H2,1-9H3,(H,72,91)(H,73,84)(H,74,90)(H,75,89)(H,77,92)(H,78,88)(H,79,96)(H,85,86)(H,94,95)/t42?,43-,44+,49+,51-,52-,54-,55+,56+,57-,61-/m0/s1. The molecule has 0 spiro atoms. The van der Waals surface area contributed by atoms with Gasteiger partial charge >= 0.3 is 30.0 Å². The average Bonchev–Trinajstić information content (AvgIpc) is 1.36. The fraction of sp³-hybridized carbons (Fsp3) is 0.614. The van der Waals surface area contributed by atoms with Gasteiger partial charge in [0.2, 0.25) is 35.4 Å². The van der Waals surface area contributed by atoms with Crippen LogP contribution in [0.4, 0.5) is 4.79 Å². The number of phenols is 1. The molecule has 5 rings (SSSR count). The number of hydrogen-bond acceptors (Lipinski definition) is 22. The van der Waals surface area contributed by atoms with Crippen LogP contribution < -0.4 is 42.8 Å². The van der Waals surface area contributed by atoms with Crippen molar-refractivity contribution in [3.8, 4) is 5.75 Å². The number of amides is 8. The van der Waals surface area contributed by atoms with E-state index in [2.05, 4.69) is 47.7 Å². The molecule has 1 aliphatic carbocycles. The number of benzene rings is 2. The van der Waals surface area contributed by atoms with Crippen molar-refractivity contribution < 1.29 is 87.1 Å². The topological polar surface area (TPSA) is 409 Å². The molecule has 11 N–H and O–H groups in total. The summed E-state index contributed by atoms with van der Waals surface area (Å²) in [5, 5.41) is 48.4. The van der Waals surface area contributed by atoms with Gasteiger partial charge in [0.1, 0.15) is 47.2 Å². The van der Waals surface area contributed by atoms with Gasteiger partial charge in [-0.3, -0.25) is 58.3 Å². The minimum absolute atomic E-state index is 0.000398. The summed E-state index contributed by atoms with van der Waals surface area (Å²) in [5.41, 5.74) is 5.74. The van der Waals surface area contributed by atoms with E-state index in [1.54, 1.807) is 49.4 Å². The summed E-state index contributed by atoms with van der Waals surface area (Å²) in [4.78, 5) is 168. The number of esters is 2. The van der Waals surface area contributed by atoms with Gasteiger partial charge < -0.3 is 66.3 Å². The number of thiazole rings is 1. The molecule has 1 unspecified atom stereocenters. The number of aromatic nitrogens is 1. The van der Waals surface area contributed by atoms with Crippen molar-refractivity contribution in [3.63, 3.8) is 0 Å². The molecule has 2 aliphatic rings. The van der Waals surface area contributed by atoms with E-state index in [9.17, 15) is 68.1 Å². The summed E-state index contributed by atoms with van der Waals surface area (Å²) in [6.45, 7) is 14.1. The number of piperidine rings is 1. The Bertz CT molecular complexity index is 3260. The van der Waals surface area contributed by atoms with Crippen LogP contribution in [0.3, 0.4) is 0 Å². The summed E-state index contributed by atoms with van der Waals surface area (Å²) in [6, 6.07) is 7.78. The molecular formula is C70H103N11O18S3. The molecule has 2 heterocycles. The van der Waals surface area contributed by atoms with Crippen molar-refractivity contribution in [3.05, 3.63) is 81.8 Å². The maximum Gasteiger partial charge on any atom is 0.426 e. The number of carboxylic acid groups (broad SMARTS) is 2. The first-order valence-electron chi connectivity index (χ1n) is 34.9. The maximum absolute atomic E-state index is 15.0. The molecule has 1 saturated carbocycles. The third-order valence-electron chi connectivity index (χ3n) is 17.8. The van der Waals surface area contributed by atoms with E-state index >= 15 is 4.79 Å². The molecule has 29 nitrogen and oxygen atoms in total. The van der Waals surface area contributed by atoms with E-state index in [0.29, 0.717) is 42.9 Å². The number of nitrogens with zero attached hydrogens (tertiary/aromatic N) is 3. The molecule has 3 aromatic rings. The number of aliphatic carboxylic acids is 2. The van der Waals surface area contributed by atoms with Crippen molar-refractivity contribution in [1.29, 1.82) is 0 Å². The average molecular weight is 1480 g/mol. The van der Waals surface area contributed by atoms with E-state index in [1.807, 2.05) is 53.5 Å². The van der Waals surface area contributed by atoms with Crippen LogP contribution in [0.1, 0.15) is 178 Å². The number of rotatable bonds is 43. The first-order valence-corrected chi connectivity index (χ1v) is 38.2. The van der Waals surface area contributed by atoms with Crippen LogP contribution in [0, 0.1) is 17.8 Å². The number of carbonyl (C=O) groups excluding carboxylic acids is 10. The third kappa shape index (κ3) is 29.3. The highest BCUT2D eigenvalue weighted by Crippen LogP contribution is 2.33. The maximum atomic E-state index is 15.0. The van der Waals surface area contributed by atoms with Crippen LogP contribution in [0.25, 0.3) is 0 Å². The Kier molecular flexibility index (Phi) is 36.3. The van der Waals surface area contributed by atoms with Gasteiger partial charge in [-0.1, -0.05) is 125 Å². The molecule has 564 valence electrons. The quantitative estimate of drug-likeness (QED) is 0.00763. The zero-order chi connectivity index (χ0) is 75.0. The van der Waals surface area contributed by atoms with Crippen LogP contribution in [-0.4, -0.2) is 194 Å². The highest BCUT2D eigenvalue weighted by Gasteiger charge is 2.40. The predicted octanol–water partition coefficient (Wildman–Crippen LogP) is 6.09. The normalized spacial score (nSPS) is 16.8. The number of carboxylic acids is 2. The lowest BCUT2D eigenvalue weighted by atomic mass is 9.92. The largest absolute Gasteiger partial charge is 0.508 e. The van der Waals surface area contributed by atoms with E-state index < -0.39 is 133 Å². The van der Waals surface area contributed by atoms with Crippen LogP contribution in [-0.2, 0) is 75.0 Å². The van der Waals surface area contributed by atoms with Gasteiger partial charge in [0.25, 0.3) is 5.91 Å². The summed E-state index contributed by atoms with van der Waals surface area (Å²) in [7, 11) is 4.02. The molecule has 32 heteroatoms. The van der Waals surface area contributed by atoms with Gasteiger partial charge in [-0.15, -0.1) is 11.3 Å². The van der Waals surface area contributed by atoms with Crippen molar-refractivity contribution in [1.82, 2.24) is 57.5 Å². The molecule has 11 atom stereocenters. The molecule has 0 bridgehead atoms. The van der Waals surface area contributed by atoms with Gasteiger partial charge in [0.15, 0.2) is 12.8 Å². The number of likely N-dealkylation sites (N-methyl/N-ethyl adjacent to an activating group) is 1. The second-order valence-corrected chi connectivity index (χ2v) is 29.9. The van der Waals surface area contributed by atoms with Crippen molar-refractivity contribution in [2.24, 2.45) is 17.8 Å². The summed E-state index contributed by atoms with van der Waals surface area (Å²) in [5.74, 6) is -10.0. The minimum atomic E-state index is -1.54. The Morgan fingerprint density at radius 3 is 2.06 bits per heavy atom. The van der Waals surface area contributed by atoms with Crippen LogP contribution >= 0.6 is 32.9 Å². The smallest absolute Gasteiger partial charge is 0.426 e. The number of hydrazine groups is 1. The molecule has 2 aromatic carbocycles. The van der Waals surface area contributed by atoms with Crippen molar-refractivity contribution in [2.45, 2.75) is 219 Å². The molecular weight excluding hydrogens is 1380 g/mol. The van der Waals surface area contributed by atoms with Gasteiger partial charge in [0.05, 0.1) is 12.5 Å². The zero-order valence-corrected chi connectivity index (χ0v) is 62.1. The third-order valence-corrected chi connectivity index (χ3v) is 21.1. The zero-order valence-electron chi connectivity index (χ0n) is 59.7. The highest BCUT2D eigenvalue weighted by atomic mass is 33.1. The fourth-order valence-electron chi connectivity index (χ4n) is 11.5. The lowest BCUT2D eigenvalue weighted by Gasteiger charge is -2.39. The lowest BCUT2D eigenvalue weighted by molar-refractivity contribution is -0.160. The Morgan fingerprint density at radius 2 is 1.43 bits per heavy atom. The van der Waals surface area contributed by atoms with Crippen molar-refractivity contribution >= 4 is 104 Å². The number of hydrogen-bond donors (Lipinski definition) is 11. The highest BCUT2D eigenvalue weighted by molar-refractivity contribution is 8.76. The number of likely N-dealkylation sites (tertiary alicyclic amines) is 1. The van der Waals surface area contributed by atoms with Crippen LogP contribution in [0.15, 0.2) is 60.0 Å². The molecule has 102 heavy (non-hydrogen) atoms. The molecule has 0 radical (unpaired) electrons. The first kappa shape index (κ1) is 84.6. The van der Waals surface area contributed by atoms with Crippen LogP contribution in [0.5, 0.6) is 5.75 Å². The fourth-order valence-corrected chi connectivity index (χ4v) is 14.4. The number of phenolic OH excluding ortho intramolecular Hbond substituents is 1. The number of aromatic hydroxyl groups is 1. The Hall–Kier alpha value is -8.07. The number of nitrogens with one attached hydrogen (secondary N) is 8. The van der Waals surface area contributed by atoms with Gasteiger partial charge in [-0.25, -0.2) is 20.0 Å². The molecule has 8 amide bonds. The molecule has 1 aromatic heterocycles. The monoisotopic (exact) mass is 1480 g/mol. The predicted molar refractivity (Wildman–Crippen MR) is 384 cm³/mol. The van der Waals surface area contributed by atoms with Gasteiger partial charge in [-0.2, -0.15) is 0 Å². The van der Waals surface area contributed by atoms with Crippen molar-refractivity contribution in [2.75, 3.05) is 38.4 Å². The Morgan fingerprint density at radius 1 is 0.745 bits per heavy atom. The van der Waals surface area contributed by atoms with E-state index in [4.69, 9.17) is 14.2 Å². The van der Waals surface area contributed by atoms with Crippen LogP contribution in [0.2, 0.25) is 0 Å². The van der Waals surface area contributed by atoms with E-state index in [-0.39, 0.29) is 96.9 Å². The summed E-state index contributed by atoms with van der Waals surface area (Å²) < 4.78 is 16.8.